The minimum atomic E-state index is -0.844. The molecule has 0 bridgehead atoms. The fraction of sp³-hybridized carbons (Fsp3) is 0.857. The zero-order valence-electron chi connectivity index (χ0n) is 11.5. The van der Waals surface area contributed by atoms with Crippen LogP contribution < -0.4 is 5.32 Å². The van der Waals surface area contributed by atoms with E-state index in [1.165, 1.54) is 0 Å². The molecule has 19 heavy (non-hydrogen) atoms. The average Bonchev–Trinajstić information content (AvgIpc) is 2.85. The predicted molar refractivity (Wildman–Crippen MR) is 69.7 cm³/mol. The second kappa shape index (κ2) is 5.49. The van der Waals surface area contributed by atoms with Gasteiger partial charge in [-0.15, -0.1) is 0 Å². The van der Waals surface area contributed by atoms with Crippen LogP contribution in [0.1, 0.15) is 45.4 Å². The van der Waals surface area contributed by atoms with Crippen LogP contribution in [0.25, 0.3) is 0 Å². The molecule has 1 aliphatic heterocycles. The molecule has 2 N–H and O–H groups in total. The van der Waals surface area contributed by atoms with Gasteiger partial charge in [-0.2, -0.15) is 0 Å². The van der Waals surface area contributed by atoms with Gasteiger partial charge in [-0.1, -0.05) is 19.8 Å². The van der Waals surface area contributed by atoms with Crippen LogP contribution in [-0.4, -0.2) is 36.7 Å². The van der Waals surface area contributed by atoms with Gasteiger partial charge in [0.15, 0.2) is 0 Å². The first-order valence-corrected chi connectivity index (χ1v) is 7.08. The number of carbonyl (C=O) groups excluding carboxylic acids is 1. The Kier molecular flexibility index (Phi) is 4.13. The lowest BCUT2D eigenvalue weighted by Crippen LogP contribution is -2.49. The molecule has 0 aromatic rings. The van der Waals surface area contributed by atoms with Crippen molar-refractivity contribution in [3.63, 3.8) is 0 Å². The smallest absolute Gasteiger partial charge is 0.311 e. The first-order chi connectivity index (χ1) is 8.99. The van der Waals surface area contributed by atoms with Crippen LogP contribution in [-0.2, 0) is 14.3 Å². The van der Waals surface area contributed by atoms with E-state index in [0.717, 1.165) is 25.7 Å². The van der Waals surface area contributed by atoms with Gasteiger partial charge in [-0.25, -0.2) is 0 Å². The first-order valence-electron chi connectivity index (χ1n) is 7.08. The van der Waals surface area contributed by atoms with Gasteiger partial charge in [-0.3, -0.25) is 9.59 Å². The van der Waals surface area contributed by atoms with Gasteiger partial charge in [-0.05, 0) is 25.7 Å². The largest absolute Gasteiger partial charge is 0.481 e. The van der Waals surface area contributed by atoms with Crippen LogP contribution in [0.15, 0.2) is 0 Å². The summed E-state index contributed by atoms with van der Waals surface area (Å²) in [5.74, 6) is -0.815. The molecule has 1 saturated carbocycles. The lowest BCUT2D eigenvalue weighted by atomic mass is 9.79. The van der Waals surface area contributed by atoms with Crippen molar-refractivity contribution < 1.29 is 19.4 Å². The summed E-state index contributed by atoms with van der Waals surface area (Å²) in [5, 5.41) is 12.3. The van der Waals surface area contributed by atoms with Gasteiger partial charge in [0, 0.05) is 25.2 Å². The number of rotatable bonds is 4. The Morgan fingerprint density at radius 3 is 2.26 bits per heavy atom. The van der Waals surface area contributed by atoms with Crippen LogP contribution in [0.4, 0.5) is 0 Å². The van der Waals surface area contributed by atoms with E-state index in [2.05, 4.69) is 5.32 Å². The molecule has 5 nitrogen and oxygen atoms in total. The molecule has 0 unspecified atom stereocenters. The fourth-order valence-corrected chi connectivity index (χ4v) is 3.07. The summed E-state index contributed by atoms with van der Waals surface area (Å²) < 4.78 is 5.23. The van der Waals surface area contributed by atoms with Crippen LogP contribution in [0.5, 0.6) is 0 Å². The summed E-state index contributed by atoms with van der Waals surface area (Å²) in [6.07, 6.45) is 4.92. The minimum absolute atomic E-state index is 0.0112. The Hall–Kier alpha value is -1.10. The molecule has 1 heterocycles. The summed E-state index contributed by atoms with van der Waals surface area (Å²) in [5.41, 5.74) is -1.15. The highest BCUT2D eigenvalue weighted by atomic mass is 16.5. The molecule has 0 atom stereocenters. The molecule has 1 amide bonds. The first kappa shape index (κ1) is 14.3. The number of hydrogen-bond donors (Lipinski definition) is 2. The Morgan fingerprint density at radius 2 is 1.74 bits per heavy atom. The van der Waals surface area contributed by atoms with E-state index in [1.807, 2.05) is 6.92 Å². The normalized spacial score (nSPS) is 24.9. The maximum atomic E-state index is 12.2. The summed E-state index contributed by atoms with van der Waals surface area (Å²) in [6.45, 7) is 3.12. The molecule has 0 aromatic heterocycles. The van der Waals surface area contributed by atoms with Crippen molar-refractivity contribution in [2.24, 2.45) is 10.8 Å². The van der Waals surface area contributed by atoms with E-state index < -0.39 is 11.4 Å². The van der Waals surface area contributed by atoms with E-state index in [0.29, 0.717) is 26.1 Å². The van der Waals surface area contributed by atoms with Crippen molar-refractivity contribution in [1.82, 2.24) is 5.32 Å². The van der Waals surface area contributed by atoms with Gasteiger partial charge in [0.1, 0.15) is 0 Å². The lowest BCUT2D eigenvalue weighted by Gasteiger charge is -2.34. The molecule has 2 rings (SSSR count). The van der Waals surface area contributed by atoms with Gasteiger partial charge in [0.05, 0.1) is 5.41 Å². The highest BCUT2D eigenvalue weighted by Gasteiger charge is 2.42. The summed E-state index contributed by atoms with van der Waals surface area (Å²) in [7, 11) is 0. The number of hydrogen-bond acceptors (Lipinski definition) is 3. The third kappa shape index (κ3) is 2.91. The van der Waals surface area contributed by atoms with E-state index in [-0.39, 0.29) is 17.9 Å². The number of nitrogens with one attached hydrogen (secondary N) is 1. The number of aliphatic carboxylic acids is 1. The second-order valence-corrected chi connectivity index (χ2v) is 6.15. The quantitative estimate of drug-likeness (QED) is 0.812. The van der Waals surface area contributed by atoms with Gasteiger partial charge in [0.2, 0.25) is 5.91 Å². The van der Waals surface area contributed by atoms with E-state index in [4.69, 9.17) is 4.74 Å². The number of carboxylic acids is 1. The molecule has 1 saturated heterocycles. The number of carboxylic acid groups (broad SMARTS) is 1. The van der Waals surface area contributed by atoms with Crippen molar-refractivity contribution in [3.05, 3.63) is 0 Å². The van der Waals surface area contributed by atoms with Gasteiger partial charge in [0.25, 0.3) is 0 Å². The van der Waals surface area contributed by atoms with E-state index in [1.54, 1.807) is 0 Å². The van der Waals surface area contributed by atoms with Crippen molar-refractivity contribution in [2.45, 2.75) is 45.4 Å². The molecular formula is C14H23NO4. The van der Waals surface area contributed by atoms with E-state index >= 15 is 0 Å². The maximum absolute atomic E-state index is 12.2. The van der Waals surface area contributed by atoms with Crippen molar-refractivity contribution in [2.75, 3.05) is 19.8 Å². The maximum Gasteiger partial charge on any atom is 0.311 e. The second-order valence-electron chi connectivity index (χ2n) is 6.15. The third-order valence-electron chi connectivity index (χ3n) is 4.75. The topological polar surface area (TPSA) is 75.6 Å². The van der Waals surface area contributed by atoms with Crippen molar-refractivity contribution in [3.8, 4) is 0 Å². The molecule has 2 aliphatic rings. The van der Waals surface area contributed by atoms with Gasteiger partial charge >= 0.3 is 5.97 Å². The molecule has 5 heteroatoms. The molecular weight excluding hydrogens is 246 g/mol. The molecule has 1 aliphatic carbocycles. The standard InChI is InChI=1S/C14H23NO4/c1-13(4-2-3-5-13)11(16)15-10-14(12(17)18)6-8-19-9-7-14/h2-10H2,1H3,(H,15,16)(H,17,18). The Morgan fingerprint density at radius 1 is 1.16 bits per heavy atom. The molecule has 0 spiro atoms. The monoisotopic (exact) mass is 269 g/mol. The number of amides is 1. The summed E-state index contributed by atoms with van der Waals surface area (Å²) in [4.78, 5) is 23.7. The summed E-state index contributed by atoms with van der Waals surface area (Å²) >= 11 is 0. The minimum Gasteiger partial charge on any atom is -0.481 e. The SMILES string of the molecule is CC1(C(=O)NCC2(C(=O)O)CCOCC2)CCCC1. The third-order valence-corrected chi connectivity index (χ3v) is 4.75. The molecule has 108 valence electrons. The number of ether oxygens (including phenoxy) is 1. The molecule has 0 aromatic carbocycles. The zero-order chi connectivity index (χ0) is 13.9. The van der Waals surface area contributed by atoms with Crippen molar-refractivity contribution in [1.29, 1.82) is 0 Å². The van der Waals surface area contributed by atoms with Crippen LogP contribution >= 0.6 is 0 Å². The van der Waals surface area contributed by atoms with Gasteiger partial charge < -0.3 is 15.2 Å². The zero-order valence-corrected chi connectivity index (χ0v) is 11.5. The van der Waals surface area contributed by atoms with Crippen LogP contribution in [0.3, 0.4) is 0 Å². The highest BCUT2D eigenvalue weighted by Crippen LogP contribution is 2.38. The van der Waals surface area contributed by atoms with E-state index in [9.17, 15) is 14.7 Å². The Balaban J connectivity index is 1.95. The van der Waals surface area contributed by atoms with Crippen LogP contribution in [0, 0.1) is 10.8 Å². The molecule has 0 radical (unpaired) electrons. The Labute approximate surface area is 113 Å². The number of carbonyl (C=O) groups is 2. The average molecular weight is 269 g/mol. The lowest BCUT2D eigenvalue weighted by molar-refractivity contribution is -0.155. The molecule has 2 fully saturated rings. The Bertz CT molecular complexity index is 354. The highest BCUT2D eigenvalue weighted by molar-refractivity contribution is 5.83. The van der Waals surface area contributed by atoms with Crippen LogP contribution in [0.2, 0.25) is 0 Å². The predicted octanol–water partition coefficient (Wildman–Crippen LogP) is 1.56. The summed E-state index contributed by atoms with van der Waals surface area (Å²) in [6, 6.07) is 0. The fourth-order valence-electron chi connectivity index (χ4n) is 3.07. The van der Waals surface area contributed by atoms with Crippen molar-refractivity contribution >= 4 is 11.9 Å².